The molecule has 0 bridgehead atoms. The first kappa shape index (κ1) is 14.1. The molecule has 1 aromatic rings. The van der Waals surface area contributed by atoms with Crippen LogP contribution in [0.1, 0.15) is 6.42 Å². The lowest BCUT2D eigenvalue weighted by molar-refractivity contribution is 0.176. The third-order valence-electron chi connectivity index (χ3n) is 4.02. The predicted molar refractivity (Wildman–Crippen MR) is 77.9 cm³/mol. The Bertz CT molecular complexity index is 480. The lowest BCUT2D eigenvalue weighted by Crippen LogP contribution is -2.53. The second-order valence-corrected chi connectivity index (χ2v) is 5.46. The number of hydrogen-bond acceptors (Lipinski definition) is 3. The number of hydrogen-bond donors (Lipinski definition) is 1. The third-order valence-corrected chi connectivity index (χ3v) is 4.02. The average molecular weight is 293 g/mol. The number of nitrogens with one attached hydrogen (secondary N) is 1. The van der Waals surface area contributed by atoms with E-state index in [1.807, 2.05) is 4.90 Å². The molecular weight excluding hydrogens is 273 g/mol. The van der Waals surface area contributed by atoms with Crippen molar-refractivity contribution >= 4 is 11.7 Å². The van der Waals surface area contributed by atoms with Crippen molar-refractivity contribution in [3.63, 3.8) is 0 Å². The topological polar surface area (TPSA) is 44.8 Å². The van der Waals surface area contributed by atoms with Crippen molar-refractivity contribution < 1.29 is 13.9 Å². The standard InChI is InChI=1S/C15H20FN3O2/c16-12-1-3-14(4-2-12)18-6-8-19(9-7-18)15(20)17-13-5-10-21-11-13/h1-4,13H,5-11H2,(H,17,20). The molecule has 2 aliphatic rings. The van der Waals surface area contributed by atoms with Gasteiger partial charge in [-0.15, -0.1) is 0 Å². The van der Waals surface area contributed by atoms with E-state index >= 15 is 0 Å². The second-order valence-electron chi connectivity index (χ2n) is 5.46. The first-order valence-corrected chi connectivity index (χ1v) is 7.36. The smallest absolute Gasteiger partial charge is 0.317 e. The molecule has 0 aromatic heterocycles. The summed E-state index contributed by atoms with van der Waals surface area (Å²) in [4.78, 5) is 16.1. The van der Waals surface area contributed by atoms with Gasteiger partial charge in [-0.25, -0.2) is 9.18 Å². The number of rotatable bonds is 2. The van der Waals surface area contributed by atoms with Gasteiger partial charge in [-0.2, -0.15) is 0 Å². The monoisotopic (exact) mass is 293 g/mol. The Morgan fingerprint density at radius 2 is 1.90 bits per heavy atom. The third kappa shape index (κ3) is 3.44. The molecule has 2 amide bonds. The van der Waals surface area contributed by atoms with E-state index in [2.05, 4.69) is 10.2 Å². The van der Waals surface area contributed by atoms with E-state index in [1.54, 1.807) is 12.1 Å². The van der Waals surface area contributed by atoms with Crippen molar-refractivity contribution in [1.29, 1.82) is 0 Å². The number of benzene rings is 1. The van der Waals surface area contributed by atoms with Crippen LogP contribution in [-0.4, -0.2) is 56.4 Å². The van der Waals surface area contributed by atoms with Crippen LogP contribution in [0.15, 0.2) is 24.3 Å². The Kier molecular flexibility index (Phi) is 4.24. The number of halogens is 1. The van der Waals surface area contributed by atoms with Gasteiger partial charge in [0.1, 0.15) is 5.82 Å². The van der Waals surface area contributed by atoms with E-state index in [1.165, 1.54) is 12.1 Å². The van der Waals surface area contributed by atoms with Gasteiger partial charge >= 0.3 is 6.03 Å². The summed E-state index contributed by atoms with van der Waals surface area (Å²) in [7, 11) is 0. The number of ether oxygens (including phenoxy) is 1. The molecule has 1 atom stereocenters. The zero-order chi connectivity index (χ0) is 14.7. The Balaban J connectivity index is 1.50. The lowest BCUT2D eigenvalue weighted by atomic mass is 10.2. The molecule has 21 heavy (non-hydrogen) atoms. The Hall–Kier alpha value is -1.82. The molecule has 0 radical (unpaired) electrons. The maximum Gasteiger partial charge on any atom is 0.317 e. The zero-order valence-electron chi connectivity index (χ0n) is 11.9. The fourth-order valence-corrected chi connectivity index (χ4v) is 2.73. The number of urea groups is 1. The quantitative estimate of drug-likeness (QED) is 0.897. The molecular formula is C15H20FN3O2. The highest BCUT2D eigenvalue weighted by atomic mass is 19.1. The van der Waals surface area contributed by atoms with Crippen molar-refractivity contribution in [3.8, 4) is 0 Å². The summed E-state index contributed by atoms with van der Waals surface area (Å²) in [5, 5.41) is 3.00. The highest BCUT2D eigenvalue weighted by Crippen LogP contribution is 2.17. The molecule has 1 N–H and O–H groups in total. The van der Waals surface area contributed by atoms with Gasteiger partial charge in [0.05, 0.1) is 12.6 Å². The lowest BCUT2D eigenvalue weighted by Gasteiger charge is -2.36. The SMILES string of the molecule is O=C(NC1CCOC1)N1CCN(c2ccc(F)cc2)CC1. The van der Waals surface area contributed by atoms with Crippen molar-refractivity contribution in [2.45, 2.75) is 12.5 Å². The first-order valence-electron chi connectivity index (χ1n) is 7.36. The number of nitrogens with zero attached hydrogens (tertiary/aromatic N) is 2. The van der Waals surface area contributed by atoms with Crippen molar-refractivity contribution in [2.75, 3.05) is 44.3 Å². The molecule has 2 aliphatic heterocycles. The van der Waals surface area contributed by atoms with Gasteiger partial charge in [0, 0.05) is 38.5 Å². The number of carbonyl (C=O) groups is 1. The highest BCUT2D eigenvalue weighted by Gasteiger charge is 2.24. The summed E-state index contributed by atoms with van der Waals surface area (Å²) in [6.07, 6.45) is 0.890. The van der Waals surface area contributed by atoms with Gasteiger partial charge in [-0.05, 0) is 30.7 Å². The van der Waals surface area contributed by atoms with Crippen molar-refractivity contribution in [2.24, 2.45) is 0 Å². The van der Waals surface area contributed by atoms with Crippen LogP contribution >= 0.6 is 0 Å². The molecule has 6 heteroatoms. The summed E-state index contributed by atoms with van der Waals surface area (Å²) in [5.74, 6) is -0.226. The first-order chi connectivity index (χ1) is 10.2. The number of amides is 2. The van der Waals surface area contributed by atoms with E-state index < -0.39 is 0 Å². The van der Waals surface area contributed by atoms with Crippen LogP contribution in [0.5, 0.6) is 0 Å². The maximum atomic E-state index is 12.9. The van der Waals surface area contributed by atoms with Crippen LogP contribution in [-0.2, 0) is 4.74 Å². The number of carbonyl (C=O) groups excluding carboxylic acids is 1. The predicted octanol–water partition coefficient (Wildman–Crippen LogP) is 1.45. The fourth-order valence-electron chi connectivity index (χ4n) is 2.73. The summed E-state index contributed by atoms with van der Waals surface area (Å²) in [6, 6.07) is 6.63. The second kappa shape index (κ2) is 6.30. The molecule has 5 nitrogen and oxygen atoms in total. The van der Waals surface area contributed by atoms with Crippen molar-refractivity contribution in [3.05, 3.63) is 30.1 Å². The molecule has 2 fully saturated rings. The van der Waals surface area contributed by atoms with Crippen molar-refractivity contribution in [1.82, 2.24) is 10.2 Å². The molecule has 0 spiro atoms. The van der Waals surface area contributed by atoms with Gasteiger partial charge < -0.3 is 19.9 Å². The molecule has 114 valence electrons. The maximum absolute atomic E-state index is 12.9. The van der Waals surface area contributed by atoms with E-state index in [0.29, 0.717) is 19.7 Å². The van der Waals surface area contributed by atoms with Crippen LogP contribution in [0.4, 0.5) is 14.9 Å². The summed E-state index contributed by atoms with van der Waals surface area (Å²) in [5.41, 5.74) is 1.00. The fraction of sp³-hybridized carbons (Fsp3) is 0.533. The average Bonchev–Trinajstić information content (AvgIpc) is 3.01. The number of piperazine rings is 1. The molecule has 0 saturated carbocycles. The molecule has 3 rings (SSSR count). The van der Waals surface area contributed by atoms with Crippen LogP contribution in [0.2, 0.25) is 0 Å². The summed E-state index contributed by atoms with van der Waals surface area (Å²) < 4.78 is 18.2. The minimum absolute atomic E-state index is 0.00995. The Morgan fingerprint density at radius 1 is 1.19 bits per heavy atom. The normalized spacial score (nSPS) is 22.4. The molecule has 1 unspecified atom stereocenters. The minimum atomic E-state index is -0.226. The van der Waals surface area contributed by atoms with Gasteiger partial charge in [0.25, 0.3) is 0 Å². The van der Waals surface area contributed by atoms with E-state index in [9.17, 15) is 9.18 Å². The van der Waals surface area contributed by atoms with Crippen LogP contribution in [0.3, 0.4) is 0 Å². The molecule has 2 heterocycles. The van der Waals surface area contributed by atoms with Gasteiger partial charge in [0.15, 0.2) is 0 Å². The largest absolute Gasteiger partial charge is 0.379 e. The summed E-state index contributed by atoms with van der Waals surface area (Å²) in [6.45, 7) is 4.22. The van der Waals surface area contributed by atoms with E-state index in [4.69, 9.17) is 4.74 Å². The minimum Gasteiger partial charge on any atom is -0.379 e. The van der Waals surface area contributed by atoms with Gasteiger partial charge in [0.2, 0.25) is 0 Å². The van der Waals surface area contributed by atoms with E-state index in [0.717, 1.165) is 31.8 Å². The van der Waals surface area contributed by atoms with Crippen LogP contribution < -0.4 is 10.2 Å². The van der Waals surface area contributed by atoms with Crippen LogP contribution in [0.25, 0.3) is 0 Å². The highest BCUT2D eigenvalue weighted by molar-refractivity contribution is 5.75. The molecule has 1 aromatic carbocycles. The van der Waals surface area contributed by atoms with Gasteiger partial charge in [-0.3, -0.25) is 0 Å². The Labute approximate surface area is 123 Å². The van der Waals surface area contributed by atoms with Crippen LogP contribution in [0, 0.1) is 5.82 Å². The molecule has 0 aliphatic carbocycles. The zero-order valence-corrected chi connectivity index (χ0v) is 11.9. The molecule has 2 saturated heterocycles. The van der Waals surface area contributed by atoms with Gasteiger partial charge in [-0.1, -0.05) is 0 Å². The Morgan fingerprint density at radius 3 is 2.52 bits per heavy atom. The number of anilines is 1. The van der Waals surface area contributed by atoms with E-state index in [-0.39, 0.29) is 17.9 Å². The summed E-state index contributed by atoms with van der Waals surface area (Å²) >= 11 is 0.